The summed E-state index contributed by atoms with van der Waals surface area (Å²) in [5.74, 6) is -1.06. The lowest BCUT2D eigenvalue weighted by Crippen LogP contribution is -2.55. The molecule has 0 unspecified atom stereocenters. The van der Waals surface area contributed by atoms with E-state index in [0.717, 1.165) is 9.80 Å². The van der Waals surface area contributed by atoms with E-state index in [2.05, 4.69) is 10.6 Å². The zero-order chi connectivity index (χ0) is 16.5. The lowest BCUT2D eigenvalue weighted by molar-refractivity contribution is -0.188. The number of hydrogen-bond donors (Lipinski definition) is 2. The van der Waals surface area contributed by atoms with Gasteiger partial charge >= 0.3 is 12.2 Å². The Labute approximate surface area is 124 Å². The van der Waals surface area contributed by atoms with Crippen molar-refractivity contribution in [2.75, 3.05) is 26.7 Å². The van der Waals surface area contributed by atoms with E-state index in [9.17, 15) is 27.6 Å². The van der Waals surface area contributed by atoms with Gasteiger partial charge in [0.2, 0.25) is 5.91 Å². The van der Waals surface area contributed by atoms with Crippen LogP contribution in [0.3, 0.4) is 0 Å². The molecule has 0 aromatic rings. The first-order chi connectivity index (χ1) is 10.2. The fraction of sp³-hybridized carbons (Fsp3) is 0.750. The number of urea groups is 1. The van der Waals surface area contributed by atoms with E-state index in [1.807, 2.05) is 0 Å². The third-order valence-electron chi connectivity index (χ3n) is 3.81. The lowest BCUT2D eigenvalue weighted by atomic mass is 9.98. The van der Waals surface area contributed by atoms with E-state index in [1.165, 1.54) is 7.05 Å². The van der Waals surface area contributed by atoms with Gasteiger partial charge in [0.05, 0.1) is 6.54 Å². The molecule has 10 heteroatoms. The summed E-state index contributed by atoms with van der Waals surface area (Å²) in [6, 6.07) is -2.58. The van der Waals surface area contributed by atoms with Crippen LogP contribution in [0.2, 0.25) is 0 Å². The van der Waals surface area contributed by atoms with E-state index < -0.39 is 42.7 Å². The number of nitrogens with zero attached hydrogens (tertiary/aromatic N) is 2. The van der Waals surface area contributed by atoms with Crippen molar-refractivity contribution in [3.05, 3.63) is 0 Å². The van der Waals surface area contributed by atoms with Gasteiger partial charge in [0.25, 0.3) is 5.91 Å². The number of hydrogen-bond acceptors (Lipinski definition) is 4. The van der Waals surface area contributed by atoms with Crippen molar-refractivity contribution < 1.29 is 27.6 Å². The molecule has 4 amide bonds. The minimum Gasteiger partial charge on any atom is -0.351 e. The summed E-state index contributed by atoms with van der Waals surface area (Å²) in [6.07, 6.45) is -4.20. The quantitative estimate of drug-likeness (QED) is 0.698. The predicted molar refractivity (Wildman–Crippen MR) is 68.7 cm³/mol. The molecular formula is C12H17F3N4O3. The van der Waals surface area contributed by atoms with Gasteiger partial charge in [-0.3, -0.25) is 19.4 Å². The Morgan fingerprint density at radius 3 is 2.55 bits per heavy atom. The third kappa shape index (κ3) is 3.67. The van der Waals surface area contributed by atoms with Crippen molar-refractivity contribution in [1.29, 1.82) is 0 Å². The van der Waals surface area contributed by atoms with Gasteiger partial charge in [0, 0.05) is 12.6 Å². The summed E-state index contributed by atoms with van der Waals surface area (Å²) in [5.41, 5.74) is 0. The Morgan fingerprint density at radius 2 is 2.05 bits per heavy atom. The molecule has 2 atom stereocenters. The molecule has 2 aliphatic heterocycles. The molecule has 2 fully saturated rings. The van der Waals surface area contributed by atoms with Gasteiger partial charge in [-0.25, -0.2) is 4.79 Å². The van der Waals surface area contributed by atoms with Crippen molar-refractivity contribution in [2.24, 2.45) is 0 Å². The van der Waals surface area contributed by atoms with E-state index in [1.54, 1.807) is 0 Å². The van der Waals surface area contributed by atoms with E-state index in [4.69, 9.17) is 0 Å². The number of carbonyl (C=O) groups is 3. The minimum atomic E-state index is -4.29. The largest absolute Gasteiger partial charge is 0.404 e. The highest BCUT2D eigenvalue weighted by Gasteiger charge is 2.45. The number of nitrogens with one attached hydrogen (secondary N) is 2. The molecule has 0 saturated carbocycles. The molecule has 2 heterocycles. The van der Waals surface area contributed by atoms with Crippen molar-refractivity contribution in [3.8, 4) is 0 Å². The second-order valence-corrected chi connectivity index (χ2v) is 5.48. The summed E-state index contributed by atoms with van der Waals surface area (Å²) in [7, 11) is 1.36. The summed E-state index contributed by atoms with van der Waals surface area (Å²) in [6.45, 7) is -0.505. The first-order valence-corrected chi connectivity index (χ1v) is 6.83. The van der Waals surface area contributed by atoms with E-state index >= 15 is 0 Å². The molecule has 0 aliphatic carbocycles. The Morgan fingerprint density at radius 1 is 1.36 bits per heavy atom. The zero-order valence-corrected chi connectivity index (χ0v) is 11.9. The number of piperidine rings is 1. The maximum atomic E-state index is 12.7. The predicted octanol–water partition coefficient (Wildman–Crippen LogP) is -0.320. The van der Waals surface area contributed by atoms with Crippen molar-refractivity contribution in [3.63, 3.8) is 0 Å². The van der Waals surface area contributed by atoms with Gasteiger partial charge in [0.15, 0.2) is 0 Å². The van der Waals surface area contributed by atoms with Crippen LogP contribution in [-0.4, -0.2) is 72.6 Å². The third-order valence-corrected chi connectivity index (χ3v) is 3.81. The second-order valence-electron chi connectivity index (χ2n) is 5.48. The van der Waals surface area contributed by atoms with Gasteiger partial charge in [-0.2, -0.15) is 13.2 Å². The summed E-state index contributed by atoms with van der Waals surface area (Å²) in [5, 5.41) is 4.85. The molecule has 2 rings (SSSR count). The minimum absolute atomic E-state index is 0.0655. The fourth-order valence-electron chi connectivity index (χ4n) is 2.71. The van der Waals surface area contributed by atoms with Gasteiger partial charge in [-0.1, -0.05) is 0 Å². The average Bonchev–Trinajstić information content (AvgIpc) is 2.69. The molecule has 2 aliphatic rings. The molecule has 0 aromatic carbocycles. The molecule has 0 bridgehead atoms. The topological polar surface area (TPSA) is 81.8 Å². The Kier molecular flexibility index (Phi) is 4.59. The van der Waals surface area contributed by atoms with Crippen LogP contribution < -0.4 is 10.6 Å². The van der Waals surface area contributed by atoms with Gasteiger partial charge in [-0.05, 0) is 19.9 Å². The molecule has 7 nitrogen and oxygen atoms in total. The lowest BCUT2D eigenvalue weighted by Gasteiger charge is -2.38. The van der Waals surface area contributed by atoms with Crippen LogP contribution >= 0.6 is 0 Å². The number of likely N-dealkylation sites (N-methyl/N-ethyl adjacent to an activating group) is 1. The number of carbonyl (C=O) groups excluding carboxylic acids is 3. The zero-order valence-electron chi connectivity index (χ0n) is 11.9. The van der Waals surface area contributed by atoms with Crippen LogP contribution in [0.15, 0.2) is 0 Å². The van der Waals surface area contributed by atoms with Crippen LogP contribution in [0.1, 0.15) is 12.8 Å². The molecule has 0 aromatic heterocycles. The highest BCUT2D eigenvalue weighted by molar-refractivity contribution is 6.04. The van der Waals surface area contributed by atoms with Crippen LogP contribution in [-0.2, 0) is 9.59 Å². The van der Waals surface area contributed by atoms with Crippen molar-refractivity contribution >= 4 is 17.8 Å². The Hall–Kier alpha value is -1.84. The molecular weight excluding hydrogens is 305 g/mol. The number of amides is 4. The Balaban J connectivity index is 1.84. The van der Waals surface area contributed by atoms with Gasteiger partial charge in [0.1, 0.15) is 12.6 Å². The second kappa shape index (κ2) is 6.11. The summed E-state index contributed by atoms with van der Waals surface area (Å²) < 4.78 is 38.2. The van der Waals surface area contributed by atoms with Crippen molar-refractivity contribution in [2.45, 2.75) is 31.1 Å². The average molecular weight is 322 g/mol. The molecule has 124 valence electrons. The normalized spacial score (nSPS) is 27.0. The maximum Gasteiger partial charge on any atom is 0.404 e. The fourth-order valence-corrected chi connectivity index (χ4v) is 2.71. The van der Waals surface area contributed by atoms with Crippen LogP contribution in [0.4, 0.5) is 18.0 Å². The first kappa shape index (κ1) is 16.5. The number of imide groups is 1. The number of likely N-dealkylation sites (tertiary alicyclic amines) is 1. The van der Waals surface area contributed by atoms with E-state index in [-0.39, 0.29) is 25.9 Å². The smallest absolute Gasteiger partial charge is 0.351 e. The molecule has 0 radical (unpaired) electrons. The highest BCUT2D eigenvalue weighted by Crippen LogP contribution is 2.30. The summed E-state index contributed by atoms with van der Waals surface area (Å²) in [4.78, 5) is 36.4. The molecule has 2 saturated heterocycles. The number of rotatable bonds is 3. The van der Waals surface area contributed by atoms with Gasteiger partial charge < -0.3 is 10.6 Å². The summed E-state index contributed by atoms with van der Waals surface area (Å²) >= 11 is 0. The molecule has 22 heavy (non-hydrogen) atoms. The maximum absolute atomic E-state index is 12.7. The molecule has 0 spiro atoms. The standard InChI is InChI=1S/C12H17F3N4O3/c1-18-5-7(2-3-8(18)12(13,14)15)17-9(20)6-19-10(21)4-16-11(19)22/h7-8H,2-6H2,1H3,(H,16,22)(H,17,20)/t7-,8+/m1/s1. The monoisotopic (exact) mass is 322 g/mol. The Bertz CT molecular complexity index is 467. The van der Waals surface area contributed by atoms with Crippen LogP contribution in [0, 0.1) is 0 Å². The SMILES string of the molecule is CN1C[C@H](NC(=O)CN2C(=O)CNC2=O)CC[C@H]1C(F)(F)F. The van der Waals surface area contributed by atoms with Gasteiger partial charge in [-0.15, -0.1) is 0 Å². The van der Waals surface area contributed by atoms with Crippen molar-refractivity contribution in [1.82, 2.24) is 20.4 Å². The number of alkyl halides is 3. The molecule has 2 N–H and O–H groups in total. The first-order valence-electron chi connectivity index (χ1n) is 6.83. The van der Waals surface area contributed by atoms with Crippen LogP contribution in [0.25, 0.3) is 0 Å². The van der Waals surface area contributed by atoms with E-state index in [0.29, 0.717) is 0 Å². The number of halogens is 3. The highest BCUT2D eigenvalue weighted by atomic mass is 19.4. The van der Waals surface area contributed by atoms with Crippen LogP contribution in [0.5, 0.6) is 0 Å².